The summed E-state index contributed by atoms with van der Waals surface area (Å²) in [7, 11) is 1.70. The van der Waals surface area contributed by atoms with Gasteiger partial charge >= 0.3 is 0 Å². The van der Waals surface area contributed by atoms with E-state index in [1.54, 1.807) is 50.6 Å². The quantitative estimate of drug-likeness (QED) is 0.736. The zero-order chi connectivity index (χ0) is 21.7. The molecule has 1 aromatic carbocycles. The molecule has 0 atom stereocenters. The van der Waals surface area contributed by atoms with Crippen LogP contribution in [0.1, 0.15) is 47.1 Å². The lowest BCUT2D eigenvalue weighted by Crippen LogP contribution is -2.32. The maximum atomic E-state index is 8.48. The summed E-state index contributed by atoms with van der Waals surface area (Å²) in [6.07, 6.45) is -0.381. The van der Waals surface area contributed by atoms with Gasteiger partial charge < -0.3 is 0 Å². The molecule has 0 bridgehead atoms. The van der Waals surface area contributed by atoms with Crippen molar-refractivity contribution in [3.63, 3.8) is 0 Å². The van der Waals surface area contributed by atoms with Gasteiger partial charge in [-0.3, -0.25) is 0 Å². The van der Waals surface area contributed by atoms with E-state index in [9.17, 15) is 0 Å². The first kappa shape index (κ1) is 7.40. The number of nitrogens with zero attached hydrogens (tertiary/aromatic N) is 1. The second-order valence-corrected chi connectivity index (χ2v) is 5.43. The minimum atomic E-state index is -2.45. The van der Waals surface area contributed by atoms with Gasteiger partial charge in [-0.1, -0.05) is 31.5 Å². The normalized spacial score (nSPS) is 19.1. The van der Waals surface area contributed by atoms with Crippen LogP contribution in [0, 0.1) is 26.5 Å². The Labute approximate surface area is 134 Å². The molecule has 1 heteroatoms. The lowest BCUT2D eigenvalue weighted by atomic mass is 9.96. The summed E-state index contributed by atoms with van der Waals surface area (Å²) in [4.78, 5) is 0. The molecule has 0 aliphatic carbocycles. The fourth-order valence-corrected chi connectivity index (χ4v) is 2.30. The van der Waals surface area contributed by atoms with E-state index in [2.05, 4.69) is 0 Å². The summed E-state index contributed by atoms with van der Waals surface area (Å²) in [6.45, 7) is 0.558. The summed E-state index contributed by atoms with van der Waals surface area (Å²) >= 11 is 0. The van der Waals surface area contributed by atoms with Gasteiger partial charge in [-0.2, -0.15) is 0 Å². The van der Waals surface area contributed by atoms with Gasteiger partial charge in [-0.25, -0.2) is 4.57 Å². The average molecular weight is 276 g/mol. The van der Waals surface area contributed by atoms with Crippen LogP contribution >= 0.6 is 0 Å². The standard InChI is InChI=1S/C19H26N/c1-13(2)9-17-11-19(20(6)12-16(17)5)18-8-7-14(3)10-15(18)4/h7-8,10-13H,9H2,1-6H3/q+1/i3D3,5D3,9D2. The number of aryl methyl sites for hydroxylation is 4. The highest BCUT2D eigenvalue weighted by molar-refractivity contribution is 5.62. The Kier molecular flexibility index (Phi) is 2.14. The smallest absolute Gasteiger partial charge is 0.201 e. The van der Waals surface area contributed by atoms with Crippen molar-refractivity contribution < 1.29 is 15.5 Å². The summed E-state index contributed by atoms with van der Waals surface area (Å²) in [6, 6.07) is 6.40. The van der Waals surface area contributed by atoms with Crippen LogP contribution in [0.5, 0.6) is 0 Å². The van der Waals surface area contributed by atoms with Crippen LogP contribution in [-0.4, -0.2) is 0 Å². The highest BCUT2D eigenvalue weighted by atomic mass is 14.9. The first-order valence-corrected chi connectivity index (χ1v) is 6.73. The zero-order valence-corrected chi connectivity index (χ0v) is 12.4. The summed E-state index contributed by atoms with van der Waals surface area (Å²) < 4.78 is 64.8. The summed E-state index contributed by atoms with van der Waals surface area (Å²) in [5, 5.41) is 0. The number of aromatic nitrogens is 1. The third-order valence-corrected chi connectivity index (χ3v) is 3.22. The van der Waals surface area contributed by atoms with Crippen molar-refractivity contribution in [2.75, 3.05) is 0 Å². The van der Waals surface area contributed by atoms with Gasteiger partial charge in [0.15, 0.2) is 6.20 Å². The molecule has 0 fully saturated rings. The molecule has 20 heavy (non-hydrogen) atoms. The van der Waals surface area contributed by atoms with Gasteiger partial charge in [0.05, 0.1) is 0 Å². The van der Waals surface area contributed by atoms with Crippen LogP contribution in [0.15, 0.2) is 30.5 Å². The molecule has 2 rings (SSSR count). The highest BCUT2D eigenvalue weighted by Crippen LogP contribution is 2.24. The maximum absolute atomic E-state index is 8.48. The molecule has 0 saturated heterocycles. The second-order valence-electron chi connectivity index (χ2n) is 5.43. The molecule has 2 aromatic rings. The second kappa shape index (κ2) is 5.78. The number of hydrogen-bond acceptors (Lipinski definition) is 0. The van der Waals surface area contributed by atoms with E-state index in [0.717, 1.165) is 11.1 Å². The first-order valence-electron chi connectivity index (χ1n) is 10.7. The molecule has 0 saturated carbocycles. The Morgan fingerprint density at radius 2 is 2.00 bits per heavy atom. The Bertz CT molecular complexity index is 879. The first-order chi connectivity index (χ1) is 12.6. The predicted octanol–water partition coefficient (Wildman–Crippen LogP) is 4.30. The molecule has 1 aromatic heterocycles. The topological polar surface area (TPSA) is 3.88 Å². The SMILES string of the molecule is [2H]C([2H])([2H])c1ccc(-c2cc(C([2H])([2H])C(C)C)c(C([2H])([2H])[2H])c[n+]2C)c(C)c1. The fourth-order valence-electron chi connectivity index (χ4n) is 2.30. The lowest BCUT2D eigenvalue weighted by molar-refractivity contribution is -0.660. The van der Waals surface area contributed by atoms with Crippen LogP contribution in [0.2, 0.25) is 0 Å². The van der Waals surface area contributed by atoms with Crippen molar-refractivity contribution >= 4 is 0 Å². The van der Waals surface area contributed by atoms with Gasteiger partial charge in [0.2, 0.25) is 5.69 Å². The van der Waals surface area contributed by atoms with Crippen LogP contribution in [-0.2, 0) is 13.4 Å². The zero-order valence-electron chi connectivity index (χ0n) is 20.4. The monoisotopic (exact) mass is 276 g/mol. The van der Waals surface area contributed by atoms with Crippen molar-refractivity contribution in [3.8, 4) is 11.3 Å². The van der Waals surface area contributed by atoms with E-state index < -0.39 is 26.0 Å². The molecule has 106 valence electrons. The molecule has 0 aliphatic heterocycles. The Hall–Kier alpha value is -1.63. The Morgan fingerprint density at radius 1 is 1.20 bits per heavy atom. The van der Waals surface area contributed by atoms with E-state index in [-0.39, 0.29) is 16.7 Å². The summed E-state index contributed by atoms with van der Waals surface area (Å²) in [5.74, 6) is -0.423. The van der Waals surface area contributed by atoms with Crippen LogP contribution in [0.3, 0.4) is 0 Å². The van der Waals surface area contributed by atoms with Gasteiger partial charge in [-0.05, 0) is 50.1 Å². The largest absolute Gasteiger partial charge is 0.212 e. The third kappa shape index (κ3) is 3.09. The molecule has 0 aliphatic rings. The van der Waals surface area contributed by atoms with E-state index in [0.29, 0.717) is 5.69 Å². The van der Waals surface area contributed by atoms with Crippen LogP contribution in [0.25, 0.3) is 11.3 Å². The van der Waals surface area contributed by atoms with Crippen molar-refractivity contribution in [2.24, 2.45) is 13.0 Å². The Balaban J connectivity index is 2.77. The molecule has 1 heterocycles. The molecule has 0 unspecified atom stereocenters. The predicted molar refractivity (Wildman–Crippen MR) is 85.8 cm³/mol. The van der Waals surface area contributed by atoms with E-state index in [4.69, 9.17) is 11.0 Å². The van der Waals surface area contributed by atoms with Crippen molar-refractivity contribution in [1.29, 1.82) is 0 Å². The van der Waals surface area contributed by atoms with Crippen molar-refractivity contribution in [2.45, 2.75) is 40.8 Å². The molecule has 0 spiro atoms. The molecule has 1 nitrogen and oxygen atoms in total. The van der Waals surface area contributed by atoms with Crippen LogP contribution < -0.4 is 4.57 Å². The minimum absolute atomic E-state index is 0.0192. The molecule has 0 amide bonds. The number of hydrogen-bond donors (Lipinski definition) is 0. The van der Waals surface area contributed by atoms with Gasteiger partial charge in [-0.15, -0.1) is 0 Å². The van der Waals surface area contributed by atoms with Crippen molar-refractivity contribution in [3.05, 3.63) is 52.7 Å². The maximum Gasteiger partial charge on any atom is 0.212 e. The highest BCUT2D eigenvalue weighted by Gasteiger charge is 2.16. The molecular weight excluding hydrogens is 242 g/mol. The number of pyridine rings is 1. The molecular formula is C19H26N+. The minimum Gasteiger partial charge on any atom is -0.201 e. The molecule has 0 N–H and O–H groups in total. The van der Waals surface area contributed by atoms with E-state index in [1.165, 1.54) is 12.3 Å². The van der Waals surface area contributed by atoms with Crippen LogP contribution in [0.4, 0.5) is 0 Å². The van der Waals surface area contributed by atoms with Gasteiger partial charge in [0.25, 0.3) is 0 Å². The Morgan fingerprint density at radius 3 is 2.60 bits per heavy atom. The third-order valence-electron chi connectivity index (χ3n) is 3.22. The lowest BCUT2D eigenvalue weighted by Gasteiger charge is -2.11. The number of benzene rings is 1. The molecule has 0 radical (unpaired) electrons. The number of rotatable bonds is 3. The van der Waals surface area contributed by atoms with Gasteiger partial charge in [0, 0.05) is 28.2 Å². The van der Waals surface area contributed by atoms with E-state index in [1.807, 2.05) is 0 Å². The van der Waals surface area contributed by atoms with Gasteiger partial charge in [0.1, 0.15) is 7.05 Å². The van der Waals surface area contributed by atoms with Crippen molar-refractivity contribution in [1.82, 2.24) is 0 Å². The average Bonchev–Trinajstić information content (AvgIpc) is 2.52. The fraction of sp³-hybridized carbons (Fsp3) is 0.421. The summed E-state index contributed by atoms with van der Waals surface area (Å²) in [5.41, 5.74) is 2.43. The van der Waals surface area contributed by atoms with E-state index >= 15 is 0 Å².